The van der Waals surface area contributed by atoms with Gasteiger partial charge < -0.3 is 9.64 Å². The average Bonchev–Trinajstić information content (AvgIpc) is 2.72. The molecule has 9 heteroatoms. The summed E-state index contributed by atoms with van der Waals surface area (Å²) in [6.45, 7) is 2.10. The molecule has 2 aromatic carbocycles. The number of halogens is 1. The van der Waals surface area contributed by atoms with Gasteiger partial charge in [-0.2, -0.15) is 0 Å². The number of amides is 1. The largest absolute Gasteiger partial charge is 0.469 e. The third kappa shape index (κ3) is 4.83. The number of esters is 1. The Morgan fingerprint density at radius 1 is 1.23 bits per heavy atom. The highest BCUT2D eigenvalue weighted by Crippen LogP contribution is 2.31. The van der Waals surface area contributed by atoms with Crippen LogP contribution in [0.5, 0.6) is 0 Å². The van der Waals surface area contributed by atoms with Crippen molar-refractivity contribution in [3.63, 3.8) is 0 Å². The van der Waals surface area contributed by atoms with Gasteiger partial charge in [-0.15, -0.1) is 0 Å². The first-order valence-corrected chi connectivity index (χ1v) is 11.3. The molecule has 0 aromatic heterocycles. The van der Waals surface area contributed by atoms with Crippen LogP contribution in [-0.4, -0.2) is 33.9 Å². The number of nitrogens with one attached hydrogen (secondary N) is 1. The van der Waals surface area contributed by atoms with Crippen LogP contribution in [0.25, 0.3) is 0 Å². The lowest BCUT2D eigenvalue weighted by Crippen LogP contribution is -2.34. The molecule has 1 amide bonds. The van der Waals surface area contributed by atoms with Gasteiger partial charge in [0.05, 0.1) is 24.5 Å². The first-order chi connectivity index (χ1) is 14.2. The van der Waals surface area contributed by atoms with Gasteiger partial charge in [0.25, 0.3) is 0 Å². The van der Waals surface area contributed by atoms with Crippen molar-refractivity contribution in [2.45, 2.75) is 37.1 Å². The monoisotopic (exact) mass is 450 g/mol. The third-order valence-corrected chi connectivity index (χ3v) is 6.85. The third-order valence-electron chi connectivity index (χ3n) is 5.04. The molecule has 0 saturated heterocycles. The first kappa shape index (κ1) is 22.3. The Balaban J connectivity index is 1.94. The van der Waals surface area contributed by atoms with Crippen molar-refractivity contribution in [1.29, 1.82) is 0 Å². The topological polar surface area (TPSA) is 92.8 Å². The Morgan fingerprint density at radius 3 is 2.63 bits per heavy atom. The van der Waals surface area contributed by atoms with Crippen molar-refractivity contribution in [2.75, 3.05) is 18.6 Å². The van der Waals surface area contributed by atoms with Crippen LogP contribution >= 0.6 is 11.6 Å². The second-order valence-corrected chi connectivity index (χ2v) is 9.16. The summed E-state index contributed by atoms with van der Waals surface area (Å²) in [5.74, 6) is -0.647. The second kappa shape index (κ2) is 9.16. The van der Waals surface area contributed by atoms with Gasteiger partial charge in [-0.05, 0) is 48.2 Å². The minimum atomic E-state index is -3.97. The maximum absolute atomic E-state index is 13.1. The fraction of sp³-hybridized carbons (Fsp3) is 0.333. The lowest BCUT2D eigenvalue weighted by molar-refractivity contribution is -0.141. The number of methoxy groups -OCH3 is 1. The molecule has 0 saturated carbocycles. The van der Waals surface area contributed by atoms with E-state index in [1.54, 1.807) is 41.3 Å². The van der Waals surface area contributed by atoms with Gasteiger partial charge in [-0.25, -0.2) is 13.1 Å². The number of fused-ring (bicyclic) bond motifs is 1. The van der Waals surface area contributed by atoms with E-state index < -0.39 is 22.0 Å². The minimum absolute atomic E-state index is 0.0635. The molecule has 1 atom stereocenters. The van der Waals surface area contributed by atoms with Crippen LogP contribution in [0.2, 0.25) is 5.02 Å². The number of nitrogens with zero attached hydrogens (tertiary/aromatic N) is 1. The number of ether oxygens (including phenoxy) is 1. The molecule has 2 aromatic rings. The summed E-state index contributed by atoms with van der Waals surface area (Å²) in [5.41, 5.74) is 2.00. The molecule has 3 rings (SSSR count). The molecule has 160 valence electrons. The second-order valence-electron chi connectivity index (χ2n) is 7.04. The van der Waals surface area contributed by atoms with Gasteiger partial charge in [0.15, 0.2) is 0 Å². The molecular weight excluding hydrogens is 428 g/mol. The fourth-order valence-corrected chi connectivity index (χ4v) is 5.08. The Labute approximate surface area is 181 Å². The SMILES string of the molecule is COC(=O)C[C@H](NS(=O)(=O)c1ccc2c(c1)CCCN2C(C)=O)c1ccccc1Cl. The molecule has 0 bridgehead atoms. The molecule has 1 aliphatic rings. The molecule has 30 heavy (non-hydrogen) atoms. The van der Waals surface area contributed by atoms with Crippen LogP contribution in [0.4, 0.5) is 5.69 Å². The molecule has 0 radical (unpaired) electrons. The van der Waals surface area contributed by atoms with Crippen LogP contribution in [-0.2, 0) is 30.8 Å². The summed E-state index contributed by atoms with van der Waals surface area (Å²) in [7, 11) is -2.73. The Morgan fingerprint density at radius 2 is 1.97 bits per heavy atom. The van der Waals surface area contributed by atoms with Crippen LogP contribution < -0.4 is 9.62 Å². The van der Waals surface area contributed by atoms with E-state index >= 15 is 0 Å². The lowest BCUT2D eigenvalue weighted by Gasteiger charge is -2.29. The van der Waals surface area contributed by atoms with Crippen LogP contribution in [0, 0.1) is 0 Å². The van der Waals surface area contributed by atoms with Crippen molar-refractivity contribution >= 4 is 39.2 Å². The standard InChI is InChI=1S/C21H23ClN2O5S/c1-14(25)24-11-5-6-15-12-16(9-10-20(15)24)30(27,28)23-19(13-21(26)29-2)17-7-3-4-8-18(17)22/h3-4,7-10,12,19,23H,5-6,11,13H2,1-2H3/t19-/m0/s1. The Bertz CT molecular complexity index is 1070. The van der Waals surface area contributed by atoms with E-state index in [-0.39, 0.29) is 17.2 Å². The lowest BCUT2D eigenvalue weighted by atomic mass is 10.0. The Hall–Kier alpha value is -2.42. The zero-order chi connectivity index (χ0) is 21.9. The van der Waals surface area contributed by atoms with Crippen molar-refractivity contribution in [2.24, 2.45) is 0 Å². The number of rotatable bonds is 6. The molecular formula is C21H23ClN2O5S. The van der Waals surface area contributed by atoms with Crippen molar-refractivity contribution in [3.8, 4) is 0 Å². The first-order valence-electron chi connectivity index (χ1n) is 9.47. The van der Waals surface area contributed by atoms with E-state index in [0.29, 0.717) is 23.6 Å². The highest BCUT2D eigenvalue weighted by Gasteiger charge is 2.27. The van der Waals surface area contributed by atoms with Gasteiger partial charge in [0, 0.05) is 24.2 Å². The van der Waals surface area contributed by atoms with Crippen molar-refractivity contribution < 1.29 is 22.7 Å². The normalized spacial score (nSPS) is 14.7. The smallest absolute Gasteiger partial charge is 0.307 e. The molecule has 0 aliphatic carbocycles. The summed E-state index contributed by atoms with van der Waals surface area (Å²) in [6.07, 6.45) is 1.23. The quantitative estimate of drug-likeness (QED) is 0.682. The van der Waals surface area contributed by atoms with Crippen molar-refractivity contribution in [3.05, 3.63) is 58.6 Å². The van der Waals surface area contributed by atoms with Gasteiger partial charge in [-0.3, -0.25) is 9.59 Å². The highest BCUT2D eigenvalue weighted by atomic mass is 35.5. The number of carbonyl (C=O) groups excluding carboxylic acids is 2. The van der Waals surface area contributed by atoms with Gasteiger partial charge >= 0.3 is 5.97 Å². The summed E-state index contributed by atoms with van der Waals surface area (Å²) >= 11 is 6.24. The van der Waals surface area contributed by atoms with Crippen LogP contribution in [0.3, 0.4) is 0 Å². The maximum Gasteiger partial charge on any atom is 0.307 e. The summed E-state index contributed by atoms with van der Waals surface area (Å²) in [4.78, 5) is 25.4. The zero-order valence-corrected chi connectivity index (χ0v) is 18.3. The average molecular weight is 451 g/mol. The van der Waals surface area contributed by atoms with Gasteiger partial charge in [0.1, 0.15) is 0 Å². The number of sulfonamides is 1. The molecule has 0 unspecified atom stereocenters. The number of carbonyl (C=O) groups is 2. The highest BCUT2D eigenvalue weighted by molar-refractivity contribution is 7.89. The Kier molecular flexibility index (Phi) is 6.80. The zero-order valence-electron chi connectivity index (χ0n) is 16.7. The maximum atomic E-state index is 13.1. The van der Waals surface area contributed by atoms with Crippen molar-refractivity contribution in [1.82, 2.24) is 4.72 Å². The van der Waals surface area contributed by atoms with E-state index in [1.165, 1.54) is 20.1 Å². The molecule has 7 nitrogen and oxygen atoms in total. The summed E-state index contributed by atoms with van der Waals surface area (Å²) in [6, 6.07) is 10.5. The number of benzene rings is 2. The van der Waals surface area contributed by atoms with E-state index in [1.807, 2.05) is 0 Å². The summed E-state index contributed by atoms with van der Waals surface area (Å²) in [5, 5.41) is 0.344. The number of anilines is 1. The number of hydrogen-bond acceptors (Lipinski definition) is 5. The molecule has 1 aliphatic heterocycles. The predicted octanol–water partition coefficient (Wildman–Crippen LogP) is 3.22. The van der Waals surface area contributed by atoms with Gasteiger partial charge in [0.2, 0.25) is 15.9 Å². The fourth-order valence-electron chi connectivity index (χ4n) is 3.55. The molecule has 1 N–H and O–H groups in total. The predicted molar refractivity (Wildman–Crippen MR) is 114 cm³/mol. The number of aryl methyl sites for hydroxylation is 1. The molecule has 0 fully saturated rings. The van der Waals surface area contributed by atoms with E-state index in [0.717, 1.165) is 17.7 Å². The van der Waals surface area contributed by atoms with E-state index in [9.17, 15) is 18.0 Å². The number of hydrogen-bond donors (Lipinski definition) is 1. The van der Waals surface area contributed by atoms with E-state index in [4.69, 9.17) is 16.3 Å². The molecule has 0 spiro atoms. The minimum Gasteiger partial charge on any atom is -0.469 e. The van der Waals surface area contributed by atoms with Gasteiger partial charge in [-0.1, -0.05) is 29.8 Å². The van der Waals surface area contributed by atoms with Crippen LogP contribution in [0.15, 0.2) is 47.4 Å². The van der Waals surface area contributed by atoms with E-state index in [2.05, 4.69) is 4.72 Å². The summed E-state index contributed by atoms with van der Waals surface area (Å²) < 4.78 is 33.5. The van der Waals surface area contributed by atoms with Crippen LogP contribution in [0.1, 0.15) is 36.9 Å². The molecule has 1 heterocycles.